The maximum Gasteiger partial charge on any atom is 0.416 e. The minimum Gasteiger partial charge on any atom is -0.480 e. The van der Waals surface area contributed by atoms with Crippen LogP contribution in [0.5, 0.6) is 0 Å². The summed E-state index contributed by atoms with van der Waals surface area (Å²) in [6.07, 6.45) is -4.64. The summed E-state index contributed by atoms with van der Waals surface area (Å²) < 4.78 is 37.0. The number of carboxylic acids is 2. The summed E-state index contributed by atoms with van der Waals surface area (Å²) in [7, 11) is 0. The van der Waals surface area contributed by atoms with Crippen molar-refractivity contribution in [3.8, 4) is 0 Å². The van der Waals surface area contributed by atoms with Gasteiger partial charge in [0.25, 0.3) is 0 Å². The fraction of sp³-hybridized carbons (Fsp3) is 0.200. The van der Waals surface area contributed by atoms with Crippen LogP contribution in [0.15, 0.2) is 24.3 Å². The highest BCUT2D eigenvalue weighted by atomic mass is 19.4. The first kappa shape index (κ1) is 13.0. The topological polar surface area (TPSA) is 74.6 Å². The SMILES string of the molecule is O=C(O)C(C(=O)O)c1cccc(C(F)(F)F)c1. The largest absolute Gasteiger partial charge is 0.480 e. The van der Waals surface area contributed by atoms with Crippen molar-refractivity contribution in [3.05, 3.63) is 35.4 Å². The molecule has 0 fully saturated rings. The second kappa shape index (κ2) is 4.44. The Kier molecular flexibility index (Phi) is 3.40. The molecule has 0 bridgehead atoms. The molecule has 2 N–H and O–H groups in total. The number of rotatable bonds is 3. The van der Waals surface area contributed by atoms with Gasteiger partial charge >= 0.3 is 18.1 Å². The third-order valence-electron chi connectivity index (χ3n) is 2.04. The number of halogens is 3. The molecule has 0 radical (unpaired) electrons. The van der Waals surface area contributed by atoms with E-state index in [0.717, 1.165) is 18.2 Å². The Balaban J connectivity index is 3.23. The average molecular weight is 248 g/mol. The lowest BCUT2D eigenvalue weighted by Crippen LogP contribution is -2.21. The molecule has 0 aromatic heterocycles. The highest BCUT2D eigenvalue weighted by molar-refractivity contribution is 5.99. The summed E-state index contributed by atoms with van der Waals surface area (Å²) in [5, 5.41) is 17.3. The molecule has 0 aliphatic rings. The smallest absolute Gasteiger partial charge is 0.416 e. The molecule has 17 heavy (non-hydrogen) atoms. The fourth-order valence-electron chi connectivity index (χ4n) is 1.29. The van der Waals surface area contributed by atoms with Crippen molar-refractivity contribution in [1.29, 1.82) is 0 Å². The predicted molar refractivity (Wildman–Crippen MR) is 49.5 cm³/mol. The molecule has 0 unspecified atom stereocenters. The molecule has 0 aliphatic heterocycles. The minimum atomic E-state index is -4.64. The summed E-state index contributed by atoms with van der Waals surface area (Å²) in [6, 6.07) is 3.26. The molecule has 0 amide bonds. The molecule has 1 rings (SSSR count). The van der Waals surface area contributed by atoms with Crippen molar-refractivity contribution >= 4 is 11.9 Å². The lowest BCUT2D eigenvalue weighted by molar-refractivity contribution is -0.150. The molecule has 0 spiro atoms. The van der Waals surface area contributed by atoms with E-state index in [-0.39, 0.29) is 0 Å². The first-order valence-electron chi connectivity index (χ1n) is 4.36. The Morgan fingerprint density at radius 1 is 1.12 bits per heavy atom. The quantitative estimate of drug-likeness (QED) is 0.802. The maximum atomic E-state index is 12.3. The van der Waals surface area contributed by atoms with Gasteiger partial charge in [0.1, 0.15) is 0 Å². The number of benzene rings is 1. The van der Waals surface area contributed by atoms with Crippen LogP contribution >= 0.6 is 0 Å². The van der Waals surface area contributed by atoms with Crippen LogP contribution in [-0.2, 0) is 15.8 Å². The minimum absolute atomic E-state index is 0.417. The Labute approximate surface area is 93.3 Å². The molecular weight excluding hydrogens is 241 g/mol. The van der Waals surface area contributed by atoms with E-state index in [1.54, 1.807) is 0 Å². The predicted octanol–water partition coefficient (Wildman–Crippen LogP) is 1.96. The van der Waals surface area contributed by atoms with Gasteiger partial charge in [-0.25, -0.2) is 0 Å². The summed E-state index contributed by atoms with van der Waals surface area (Å²) in [5.74, 6) is -5.43. The second-order valence-corrected chi connectivity index (χ2v) is 3.23. The molecule has 0 heterocycles. The molecule has 7 heteroatoms. The van der Waals surface area contributed by atoms with Crippen LogP contribution < -0.4 is 0 Å². The van der Waals surface area contributed by atoms with E-state index >= 15 is 0 Å². The maximum absolute atomic E-state index is 12.3. The second-order valence-electron chi connectivity index (χ2n) is 3.23. The zero-order valence-electron chi connectivity index (χ0n) is 8.23. The third-order valence-corrected chi connectivity index (χ3v) is 2.04. The summed E-state index contributed by atoms with van der Waals surface area (Å²) in [4.78, 5) is 21.3. The van der Waals surface area contributed by atoms with Gasteiger partial charge in [0.2, 0.25) is 0 Å². The molecule has 0 aliphatic carbocycles. The van der Waals surface area contributed by atoms with Crippen LogP contribution in [0.2, 0.25) is 0 Å². The molecule has 0 atom stereocenters. The zero-order valence-corrected chi connectivity index (χ0v) is 8.23. The standard InChI is InChI=1S/C10H7F3O4/c11-10(12,13)6-3-1-2-5(4-6)7(8(14)15)9(16)17/h1-4,7H,(H,14,15)(H,16,17). The molecule has 1 aromatic rings. The van der Waals surface area contributed by atoms with Crippen molar-refractivity contribution < 1.29 is 33.0 Å². The van der Waals surface area contributed by atoms with Crippen LogP contribution in [0.3, 0.4) is 0 Å². The van der Waals surface area contributed by atoms with E-state index in [0.29, 0.717) is 6.07 Å². The summed E-state index contributed by atoms with van der Waals surface area (Å²) in [5.41, 5.74) is -1.50. The van der Waals surface area contributed by atoms with Gasteiger partial charge in [-0.05, 0) is 11.6 Å². The summed E-state index contributed by atoms with van der Waals surface area (Å²) in [6.45, 7) is 0. The number of hydrogen-bond acceptors (Lipinski definition) is 2. The lowest BCUT2D eigenvalue weighted by atomic mass is 9.97. The Hall–Kier alpha value is -2.05. The molecule has 4 nitrogen and oxygen atoms in total. The van der Waals surface area contributed by atoms with E-state index in [1.165, 1.54) is 0 Å². The summed E-state index contributed by atoms with van der Waals surface area (Å²) >= 11 is 0. The average Bonchev–Trinajstić information content (AvgIpc) is 2.15. The number of hydrogen-bond donors (Lipinski definition) is 2. The van der Waals surface area contributed by atoms with Crippen LogP contribution in [0.4, 0.5) is 13.2 Å². The molecule has 0 saturated heterocycles. The highest BCUT2D eigenvalue weighted by Gasteiger charge is 2.33. The van der Waals surface area contributed by atoms with Crippen molar-refractivity contribution in [2.45, 2.75) is 12.1 Å². The van der Waals surface area contributed by atoms with Crippen molar-refractivity contribution in [3.63, 3.8) is 0 Å². The molecular formula is C10H7F3O4. The van der Waals surface area contributed by atoms with Gasteiger partial charge in [-0.15, -0.1) is 0 Å². The van der Waals surface area contributed by atoms with E-state index in [1.807, 2.05) is 0 Å². The first-order chi connectivity index (χ1) is 7.73. The number of carbonyl (C=O) groups is 2. The van der Waals surface area contributed by atoms with E-state index in [4.69, 9.17) is 10.2 Å². The lowest BCUT2D eigenvalue weighted by Gasteiger charge is -2.11. The van der Waals surface area contributed by atoms with Gasteiger partial charge in [-0.3, -0.25) is 9.59 Å². The van der Waals surface area contributed by atoms with Crippen molar-refractivity contribution in [2.75, 3.05) is 0 Å². The van der Waals surface area contributed by atoms with Gasteiger partial charge in [0, 0.05) is 0 Å². The van der Waals surface area contributed by atoms with Crippen LogP contribution in [-0.4, -0.2) is 22.2 Å². The number of alkyl halides is 3. The number of aliphatic carboxylic acids is 2. The van der Waals surface area contributed by atoms with Crippen LogP contribution in [0.25, 0.3) is 0 Å². The van der Waals surface area contributed by atoms with Gasteiger partial charge in [-0.1, -0.05) is 18.2 Å². The number of carboxylic acid groups (broad SMARTS) is 2. The van der Waals surface area contributed by atoms with E-state index in [9.17, 15) is 22.8 Å². The van der Waals surface area contributed by atoms with Gasteiger partial charge in [0.15, 0.2) is 5.92 Å². The van der Waals surface area contributed by atoms with Gasteiger partial charge in [-0.2, -0.15) is 13.2 Å². The highest BCUT2D eigenvalue weighted by Crippen LogP contribution is 2.31. The van der Waals surface area contributed by atoms with Crippen LogP contribution in [0, 0.1) is 0 Å². The van der Waals surface area contributed by atoms with E-state index in [2.05, 4.69) is 0 Å². The van der Waals surface area contributed by atoms with Crippen molar-refractivity contribution in [1.82, 2.24) is 0 Å². The Morgan fingerprint density at radius 2 is 1.65 bits per heavy atom. The fourth-order valence-corrected chi connectivity index (χ4v) is 1.29. The monoisotopic (exact) mass is 248 g/mol. The van der Waals surface area contributed by atoms with Crippen molar-refractivity contribution in [2.24, 2.45) is 0 Å². The third kappa shape index (κ3) is 2.96. The molecule has 0 saturated carbocycles. The van der Waals surface area contributed by atoms with Crippen LogP contribution in [0.1, 0.15) is 17.0 Å². The molecule has 92 valence electrons. The Morgan fingerprint density at radius 3 is 2.06 bits per heavy atom. The van der Waals surface area contributed by atoms with Gasteiger partial charge < -0.3 is 10.2 Å². The van der Waals surface area contributed by atoms with Gasteiger partial charge in [0.05, 0.1) is 5.56 Å². The first-order valence-corrected chi connectivity index (χ1v) is 4.36. The zero-order chi connectivity index (χ0) is 13.2. The van der Waals surface area contributed by atoms with E-state index < -0.39 is 35.2 Å². The Bertz CT molecular complexity index is 439. The normalized spacial score (nSPS) is 11.5. The molecule has 1 aromatic carbocycles.